The molecule has 1 atom stereocenters. The van der Waals surface area contributed by atoms with Crippen LogP contribution >= 0.6 is 11.8 Å². The highest BCUT2D eigenvalue weighted by atomic mass is 32.2. The number of benzene rings is 2. The molecule has 0 saturated heterocycles. The van der Waals surface area contributed by atoms with Crippen molar-refractivity contribution in [1.29, 1.82) is 0 Å². The van der Waals surface area contributed by atoms with Crippen molar-refractivity contribution in [1.82, 2.24) is 19.6 Å². The number of amides is 1. The Morgan fingerprint density at radius 2 is 2.04 bits per heavy atom. The second-order valence-corrected chi connectivity index (χ2v) is 7.44. The SMILES string of the molecule is C[C@@H]1Cc2ccccc2N1C(=O)CSc1n[nH]c2nc3ccccc3n12. The van der Waals surface area contributed by atoms with Crippen molar-refractivity contribution in [3.63, 3.8) is 0 Å². The molecular weight excluding hydrogens is 346 g/mol. The number of thioether (sulfide) groups is 1. The molecule has 1 aliphatic heterocycles. The normalized spacial score (nSPS) is 16.5. The van der Waals surface area contributed by atoms with Crippen LogP contribution in [-0.4, -0.2) is 37.3 Å². The van der Waals surface area contributed by atoms with Gasteiger partial charge in [-0.1, -0.05) is 42.1 Å². The van der Waals surface area contributed by atoms with Gasteiger partial charge in [0.15, 0.2) is 5.16 Å². The molecule has 0 saturated carbocycles. The standard InChI is InChI=1S/C19H17N5OS/c1-12-10-13-6-2-4-8-15(13)23(12)17(25)11-26-19-22-21-18-20-14-7-3-5-9-16(14)24(18)19/h2-9,12H,10-11H2,1H3,(H,20,21)/t12-/m1/s1. The molecule has 26 heavy (non-hydrogen) atoms. The average Bonchev–Trinajstić information content (AvgIpc) is 3.30. The number of nitrogens with zero attached hydrogens (tertiary/aromatic N) is 4. The van der Waals surface area contributed by atoms with Gasteiger partial charge in [0.25, 0.3) is 0 Å². The minimum Gasteiger partial charge on any atom is -0.308 e. The number of para-hydroxylation sites is 3. The predicted molar refractivity (Wildman–Crippen MR) is 103 cm³/mol. The highest BCUT2D eigenvalue weighted by Gasteiger charge is 2.30. The lowest BCUT2D eigenvalue weighted by Crippen LogP contribution is -2.37. The van der Waals surface area contributed by atoms with Gasteiger partial charge in [-0.15, -0.1) is 5.10 Å². The van der Waals surface area contributed by atoms with Gasteiger partial charge in [-0.05, 0) is 37.1 Å². The zero-order valence-corrected chi connectivity index (χ0v) is 15.0. The van der Waals surface area contributed by atoms with E-state index in [1.54, 1.807) is 0 Å². The van der Waals surface area contributed by atoms with E-state index in [1.807, 2.05) is 51.8 Å². The van der Waals surface area contributed by atoms with Crippen LogP contribution in [-0.2, 0) is 11.2 Å². The van der Waals surface area contributed by atoms with Crippen molar-refractivity contribution in [3.05, 3.63) is 54.1 Å². The Morgan fingerprint density at radius 3 is 2.96 bits per heavy atom. The number of hydrogen-bond acceptors (Lipinski definition) is 4. The summed E-state index contributed by atoms with van der Waals surface area (Å²) >= 11 is 1.44. The third-order valence-electron chi connectivity index (χ3n) is 4.80. The van der Waals surface area contributed by atoms with Gasteiger partial charge in [-0.3, -0.25) is 9.20 Å². The van der Waals surface area contributed by atoms with Gasteiger partial charge in [0.1, 0.15) is 0 Å². The van der Waals surface area contributed by atoms with Crippen molar-refractivity contribution in [2.75, 3.05) is 10.7 Å². The van der Waals surface area contributed by atoms with Gasteiger partial charge in [0, 0.05) is 11.7 Å². The Labute approximate surface area is 154 Å². The maximum absolute atomic E-state index is 12.9. The minimum absolute atomic E-state index is 0.105. The average molecular weight is 363 g/mol. The Morgan fingerprint density at radius 1 is 1.23 bits per heavy atom. The maximum atomic E-state index is 12.9. The second kappa shape index (κ2) is 5.88. The lowest BCUT2D eigenvalue weighted by Gasteiger charge is -2.22. The molecule has 5 rings (SSSR count). The van der Waals surface area contributed by atoms with Crippen LogP contribution in [0.3, 0.4) is 0 Å². The molecule has 4 aromatic rings. The topological polar surface area (TPSA) is 66.3 Å². The summed E-state index contributed by atoms with van der Waals surface area (Å²) in [4.78, 5) is 19.3. The van der Waals surface area contributed by atoms with Gasteiger partial charge in [0.05, 0.1) is 16.8 Å². The monoisotopic (exact) mass is 363 g/mol. The number of imidazole rings is 1. The van der Waals surface area contributed by atoms with Crippen LogP contribution < -0.4 is 4.90 Å². The molecule has 0 fully saturated rings. The van der Waals surface area contributed by atoms with E-state index in [-0.39, 0.29) is 11.9 Å². The lowest BCUT2D eigenvalue weighted by molar-refractivity contribution is -0.116. The number of rotatable bonds is 3. The predicted octanol–water partition coefficient (Wildman–Crippen LogP) is 3.28. The highest BCUT2D eigenvalue weighted by Crippen LogP contribution is 2.33. The van der Waals surface area contributed by atoms with Crippen LogP contribution in [0.2, 0.25) is 0 Å². The minimum atomic E-state index is 0.105. The molecule has 0 bridgehead atoms. The molecule has 0 aliphatic carbocycles. The molecule has 0 unspecified atom stereocenters. The zero-order chi connectivity index (χ0) is 17.7. The van der Waals surface area contributed by atoms with E-state index < -0.39 is 0 Å². The van der Waals surface area contributed by atoms with Crippen molar-refractivity contribution in [2.24, 2.45) is 0 Å². The van der Waals surface area contributed by atoms with E-state index in [9.17, 15) is 4.79 Å². The molecule has 7 heteroatoms. The van der Waals surface area contributed by atoms with Gasteiger partial charge in [-0.2, -0.15) is 0 Å². The van der Waals surface area contributed by atoms with Gasteiger partial charge >= 0.3 is 0 Å². The van der Waals surface area contributed by atoms with Crippen LogP contribution in [0.15, 0.2) is 53.7 Å². The first kappa shape index (κ1) is 15.5. The van der Waals surface area contributed by atoms with Crippen molar-refractivity contribution in [2.45, 2.75) is 24.5 Å². The molecule has 1 aliphatic rings. The third-order valence-corrected chi connectivity index (χ3v) is 5.73. The summed E-state index contributed by atoms with van der Waals surface area (Å²) < 4.78 is 1.97. The molecule has 1 amide bonds. The number of hydrogen-bond donors (Lipinski definition) is 1. The quantitative estimate of drug-likeness (QED) is 0.567. The molecule has 6 nitrogen and oxygen atoms in total. The number of nitrogens with one attached hydrogen (secondary N) is 1. The van der Waals surface area contributed by atoms with Crippen molar-refractivity contribution >= 4 is 40.2 Å². The second-order valence-electron chi connectivity index (χ2n) is 6.50. The summed E-state index contributed by atoms with van der Waals surface area (Å²) in [5.74, 6) is 1.14. The summed E-state index contributed by atoms with van der Waals surface area (Å²) in [7, 11) is 0. The Bertz CT molecular complexity index is 1130. The maximum Gasteiger partial charge on any atom is 0.237 e. The first-order valence-electron chi connectivity index (χ1n) is 8.56. The van der Waals surface area contributed by atoms with Gasteiger partial charge < -0.3 is 4.90 Å². The molecule has 130 valence electrons. The number of aromatic amines is 1. The van der Waals surface area contributed by atoms with Gasteiger partial charge in [0.2, 0.25) is 11.7 Å². The lowest BCUT2D eigenvalue weighted by atomic mass is 10.1. The highest BCUT2D eigenvalue weighted by molar-refractivity contribution is 7.99. The first-order chi connectivity index (χ1) is 12.7. The molecule has 2 aromatic heterocycles. The van der Waals surface area contributed by atoms with E-state index in [0.29, 0.717) is 11.5 Å². The van der Waals surface area contributed by atoms with E-state index in [1.165, 1.54) is 17.3 Å². The molecule has 2 aromatic carbocycles. The molecular formula is C19H17N5OS. The summed E-state index contributed by atoms with van der Waals surface area (Å²) in [5, 5.41) is 8.04. The zero-order valence-electron chi connectivity index (χ0n) is 14.2. The number of fused-ring (bicyclic) bond motifs is 4. The number of anilines is 1. The van der Waals surface area contributed by atoms with Crippen LogP contribution in [0.1, 0.15) is 12.5 Å². The number of aromatic nitrogens is 4. The summed E-state index contributed by atoms with van der Waals surface area (Å²) in [6.07, 6.45) is 0.908. The number of carbonyl (C=O) groups is 1. The molecule has 3 heterocycles. The first-order valence-corrected chi connectivity index (χ1v) is 9.55. The largest absolute Gasteiger partial charge is 0.308 e. The Hall–Kier alpha value is -2.80. The molecule has 0 spiro atoms. The van der Waals surface area contributed by atoms with Crippen LogP contribution in [0.4, 0.5) is 5.69 Å². The van der Waals surface area contributed by atoms with Crippen molar-refractivity contribution < 1.29 is 4.79 Å². The summed E-state index contributed by atoms with van der Waals surface area (Å²) in [6, 6.07) is 16.2. The van der Waals surface area contributed by atoms with Crippen LogP contribution in [0.25, 0.3) is 16.8 Å². The number of carbonyl (C=O) groups excluding carboxylic acids is 1. The fourth-order valence-electron chi connectivity index (χ4n) is 3.68. The van der Waals surface area contributed by atoms with Crippen LogP contribution in [0, 0.1) is 0 Å². The van der Waals surface area contributed by atoms with Crippen molar-refractivity contribution in [3.8, 4) is 0 Å². The third kappa shape index (κ3) is 2.31. The molecule has 1 N–H and O–H groups in total. The van der Waals surface area contributed by atoms with E-state index in [2.05, 4.69) is 28.2 Å². The summed E-state index contributed by atoms with van der Waals surface area (Å²) in [6.45, 7) is 2.10. The Kier molecular flexibility index (Phi) is 3.49. The Balaban J connectivity index is 1.41. The van der Waals surface area contributed by atoms with E-state index in [4.69, 9.17) is 0 Å². The summed E-state index contributed by atoms with van der Waals surface area (Å²) in [5.41, 5.74) is 4.18. The van der Waals surface area contributed by atoms with E-state index >= 15 is 0 Å². The fourth-order valence-corrected chi connectivity index (χ4v) is 4.50. The van der Waals surface area contributed by atoms with E-state index in [0.717, 1.165) is 28.3 Å². The fraction of sp³-hybridized carbons (Fsp3) is 0.211. The van der Waals surface area contributed by atoms with Crippen LogP contribution in [0.5, 0.6) is 0 Å². The number of H-pyrrole nitrogens is 1. The smallest absolute Gasteiger partial charge is 0.237 e. The molecule has 0 radical (unpaired) electrons. The van der Waals surface area contributed by atoms with Gasteiger partial charge in [-0.25, -0.2) is 10.1 Å².